The van der Waals surface area contributed by atoms with Crippen molar-refractivity contribution >= 4 is 11.6 Å². The number of carbonyl (C=O) groups is 1. The van der Waals surface area contributed by atoms with E-state index in [1.165, 1.54) is 5.56 Å². The van der Waals surface area contributed by atoms with Gasteiger partial charge in [-0.3, -0.25) is 19.4 Å². The summed E-state index contributed by atoms with van der Waals surface area (Å²) in [4.78, 5) is 18.7. The maximum atomic E-state index is 12.3. The third-order valence-electron chi connectivity index (χ3n) is 4.29. The van der Waals surface area contributed by atoms with Crippen molar-refractivity contribution in [2.45, 2.75) is 25.8 Å². The molecule has 2 aromatic heterocycles. The number of nitrogens with one attached hydrogen (secondary N) is 1. The van der Waals surface area contributed by atoms with E-state index in [1.807, 2.05) is 26.2 Å². The number of anilines is 1. The summed E-state index contributed by atoms with van der Waals surface area (Å²) in [5, 5.41) is 7.09. The monoisotopic (exact) mass is 299 g/mol. The van der Waals surface area contributed by atoms with Crippen LogP contribution < -0.4 is 5.32 Å². The van der Waals surface area contributed by atoms with Crippen molar-refractivity contribution in [3.05, 3.63) is 42.0 Å². The molecular weight excluding hydrogens is 278 g/mol. The van der Waals surface area contributed by atoms with Crippen LogP contribution >= 0.6 is 0 Å². The van der Waals surface area contributed by atoms with Crippen LogP contribution in [0.25, 0.3) is 0 Å². The Hall–Kier alpha value is -2.21. The van der Waals surface area contributed by atoms with Gasteiger partial charge in [0.1, 0.15) is 0 Å². The van der Waals surface area contributed by atoms with Gasteiger partial charge in [-0.25, -0.2) is 0 Å². The first-order valence-corrected chi connectivity index (χ1v) is 7.57. The molecule has 0 saturated carbocycles. The molecule has 1 saturated heterocycles. The summed E-state index contributed by atoms with van der Waals surface area (Å²) >= 11 is 0. The number of aromatic nitrogens is 3. The predicted molar refractivity (Wildman–Crippen MR) is 84.4 cm³/mol. The minimum atomic E-state index is 0.00638. The van der Waals surface area contributed by atoms with Crippen molar-refractivity contribution in [1.82, 2.24) is 19.7 Å². The molecule has 1 atom stereocenters. The lowest BCUT2D eigenvalue weighted by Crippen LogP contribution is -2.33. The fourth-order valence-corrected chi connectivity index (χ4v) is 2.96. The number of carbonyl (C=O) groups excluding carboxylic acids is 1. The Morgan fingerprint density at radius 3 is 3.00 bits per heavy atom. The molecule has 6 heteroatoms. The summed E-state index contributed by atoms with van der Waals surface area (Å²) in [5.41, 5.74) is 2.92. The topological polar surface area (TPSA) is 63.1 Å². The SMILES string of the molecule is Cc1c(NC(=O)CN2CCCC2c2cccnc2)cnn1C. The van der Waals surface area contributed by atoms with Gasteiger partial charge >= 0.3 is 0 Å². The van der Waals surface area contributed by atoms with Gasteiger partial charge in [0, 0.05) is 25.5 Å². The van der Waals surface area contributed by atoms with Gasteiger partial charge in [0.25, 0.3) is 0 Å². The normalized spacial score (nSPS) is 18.5. The summed E-state index contributed by atoms with van der Waals surface area (Å²) in [6, 6.07) is 4.32. The highest BCUT2D eigenvalue weighted by Gasteiger charge is 2.27. The fraction of sp³-hybridized carbons (Fsp3) is 0.438. The van der Waals surface area contributed by atoms with Crippen molar-refractivity contribution in [2.75, 3.05) is 18.4 Å². The molecule has 1 aliphatic rings. The van der Waals surface area contributed by atoms with Gasteiger partial charge in [-0.2, -0.15) is 5.10 Å². The van der Waals surface area contributed by atoms with E-state index in [9.17, 15) is 4.79 Å². The van der Waals surface area contributed by atoms with Crippen molar-refractivity contribution in [1.29, 1.82) is 0 Å². The highest BCUT2D eigenvalue weighted by Crippen LogP contribution is 2.31. The maximum Gasteiger partial charge on any atom is 0.238 e. The molecule has 1 amide bonds. The van der Waals surface area contributed by atoms with Crippen molar-refractivity contribution in [3.8, 4) is 0 Å². The highest BCUT2D eigenvalue weighted by atomic mass is 16.2. The minimum absolute atomic E-state index is 0.00638. The molecule has 2 aromatic rings. The number of hydrogen-bond donors (Lipinski definition) is 1. The van der Waals surface area contributed by atoms with E-state index in [4.69, 9.17) is 0 Å². The van der Waals surface area contributed by atoms with Crippen LogP contribution in [0.2, 0.25) is 0 Å². The number of rotatable bonds is 4. The standard InChI is InChI=1S/C16H21N5O/c1-12-14(10-18-20(12)2)19-16(22)11-21-8-4-6-15(21)13-5-3-7-17-9-13/h3,5,7,9-10,15H,4,6,8,11H2,1-2H3,(H,19,22). The highest BCUT2D eigenvalue weighted by molar-refractivity contribution is 5.92. The van der Waals surface area contributed by atoms with Gasteiger partial charge in [0.2, 0.25) is 5.91 Å². The summed E-state index contributed by atoms with van der Waals surface area (Å²) in [6.45, 7) is 3.28. The zero-order valence-electron chi connectivity index (χ0n) is 13.0. The molecule has 0 radical (unpaired) electrons. The van der Waals surface area contributed by atoms with Gasteiger partial charge in [0.05, 0.1) is 24.1 Å². The zero-order chi connectivity index (χ0) is 15.5. The molecule has 1 fully saturated rings. The van der Waals surface area contributed by atoms with E-state index >= 15 is 0 Å². The van der Waals surface area contributed by atoms with Crippen LogP contribution in [0.15, 0.2) is 30.7 Å². The summed E-state index contributed by atoms with van der Waals surface area (Å²) in [5.74, 6) is 0.00638. The second-order valence-corrected chi connectivity index (χ2v) is 5.73. The van der Waals surface area contributed by atoms with Gasteiger partial charge < -0.3 is 5.32 Å². The average molecular weight is 299 g/mol. The lowest BCUT2D eigenvalue weighted by atomic mass is 10.1. The molecule has 22 heavy (non-hydrogen) atoms. The second kappa shape index (κ2) is 6.27. The Morgan fingerprint density at radius 2 is 2.32 bits per heavy atom. The number of hydrogen-bond acceptors (Lipinski definition) is 4. The van der Waals surface area contributed by atoms with Crippen LogP contribution in [-0.2, 0) is 11.8 Å². The molecule has 1 N–H and O–H groups in total. The predicted octanol–water partition coefficient (Wildman–Crippen LogP) is 1.90. The Bertz CT molecular complexity index is 652. The molecule has 0 aromatic carbocycles. The van der Waals surface area contributed by atoms with E-state index < -0.39 is 0 Å². The first-order chi connectivity index (χ1) is 10.6. The van der Waals surface area contributed by atoms with E-state index in [1.54, 1.807) is 17.1 Å². The summed E-state index contributed by atoms with van der Waals surface area (Å²) in [7, 11) is 1.86. The summed E-state index contributed by atoms with van der Waals surface area (Å²) < 4.78 is 1.75. The van der Waals surface area contributed by atoms with Gasteiger partial charge in [-0.1, -0.05) is 6.07 Å². The third kappa shape index (κ3) is 3.01. The number of likely N-dealkylation sites (tertiary alicyclic amines) is 1. The fourth-order valence-electron chi connectivity index (χ4n) is 2.96. The first kappa shape index (κ1) is 14.7. The van der Waals surface area contributed by atoms with Crippen LogP contribution in [0.4, 0.5) is 5.69 Å². The van der Waals surface area contributed by atoms with Crippen LogP contribution in [-0.4, -0.2) is 38.7 Å². The molecule has 3 heterocycles. The summed E-state index contributed by atoms with van der Waals surface area (Å²) in [6.07, 6.45) is 7.55. The number of nitrogens with zero attached hydrogens (tertiary/aromatic N) is 4. The van der Waals surface area contributed by atoms with Crippen LogP contribution in [0.1, 0.15) is 30.1 Å². The van der Waals surface area contributed by atoms with Crippen LogP contribution in [0.3, 0.4) is 0 Å². The molecule has 3 rings (SSSR count). The van der Waals surface area contributed by atoms with E-state index in [-0.39, 0.29) is 11.9 Å². The Morgan fingerprint density at radius 1 is 1.45 bits per heavy atom. The molecule has 0 bridgehead atoms. The number of amides is 1. The minimum Gasteiger partial charge on any atom is -0.322 e. The molecule has 116 valence electrons. The number of aryl methyl sites for hydroxylation is 1. The van der Waals surface area contributed by atoms with Gasteiger partial charge in [0.15, 0.2) is 0 Å². The van der Waals surface area contributed by atoms with Crippen LogP contribution in [0, 0.1) is 6.92 Å². The van der Waals surface area contributed by atoms with Crippen molar-refractivity contribution < 1.29 is 4.79 Å². The van der Waals surface area contributed by atoms with E-state index in [0.717, 1.165) is 30.8 Å². The van der Waals surface area contributed by atoms with E-state index in [2.05, 4.69) is 26.4 Å². The quantitative estimate of drug-likeness (QED) is 0.936. The first-order valence-electron chi connectivity index (χ1n) is 7.57. The molecule has 1 aliphatic heterocycles. The van der Waals surface area contributed by atoms with Crippen molar-refractivity contribution in [2.24, 2.45) is 7.05 Å². The lowest BCUT2D eigenvalue weighted by molar-refractivity contribution is -0.117. The van der Waals surface area contributed by atoms with Gasteiger partial charge in [-0.05, 0) is 37.9 Å². The molecular formula is C16H21N5O. The Balaban J connectivity index is 1.64. The van der Waals surface area contributed by atoms with Crippen molar-refractivity contribution in [3.63, 3.8) is 0 Å². The van der Waals surface area contributed by atoms with Gasteiger partial charge in [-0.15, -0.1) is 0 Å². The molecule has 1 unspecified atom stereocenters. The third-order valence-corrected chi connectivity index (χ3v) is 4.29. The second-order valence-electron chi connectivity index (χ2n) is 5.73. The Kier molecular flexibility index (Phi) is 4.20. The number of pyridine rings is 1. The van der Waals surface area contributed by atoms with E-state index in [0.29, 0.717) is 6.54 Å². The molecule has 0 aliphatic carbocycles. The molecule has 0 spiro atoms. The zero-order valence-corrected chi connectivity index (χ0v) is 13.0. The lowest BCUT2D eigenvalue weighted by Gasteiger charge is -2.23. The average Bonchev–Trinajstić information content (AvgIpc) is 3.10. The Labute approximate surface area is 130 Å². The smallest absolute Gasteiger partial charge is 0.238 e. The largest absolute Gasteiger partial charge is 0.322 e. The van der Waals surface area contributed by atoms with Crippen LogP contribution in [0.5, 0.6) is 0 Å². The maximum absolute atomic E-state index is 12.3. The molecule has 6 nitrogen and oxygen atoms in total.